The summed E-state index contributed by atoms with van der Waals surface area (Å²) in [5.41, 5.74) is 5.15. The first-order chi connectivity index (χ1) is 4.18. The Morgan fingerprint density at radius 2 is 2.33 bits per heavy atom. The minimum absolute atomic E-state index is 0.532. The summed E-state index contributed by atoms with van der Waals surface area (Å²) in [7, 11) is 0. The third-order valence-electron chi connectivity index (χ3n) is 0.967. The molecule has 0 heterocycles. The molecule has 1 unspecified atom stereocenters. The van der Waals surface area contributed by atoms with Gasteiger partial charge in [-0.1, -0.05) is 0 Å². The monoisotopic (exact) mass is 149 g/mol. The van der Waals surface area contributed by atoms with E-state index < -0.39 is 11.2 Å². The molecule has 0 amide bonds. The van der Waals surface area contributed by atoms with Crippen LogP contribution in [0.1, 0.15) is 12.8 Å². The van der Waals surface area contributed by atoms with Crippen LogP contribution in [0.5, 0.6) is 0 Å². The van der Waals surface area contributed by atoms with Gasteiger partial charge >= 0.3 is 5.97 Å². The topological polar surface area (TPSA) is 63.3 Å². The van der Waals surface area contributed by atoms with Crippen molar-refractivity contribution in [2.24, 2.45) is 5.73 Å². The third kappa shape index (κ3) is 4.29. The normalized spacial score (nSPS) is 13.1. The van der Waals surface area contributed by atoms with E-state index in [1.54, 1.807) is 0 Å². The Morgan fingerprint density at radius 3 is 2.67 bits per heavy atom. The molecule has 3 nitrogen and oxygen atoms in total. The van der Waals surface area contributed by atoms with Gasteiger partial charge in [-0.3, -0.25) is 4.79 Å². The van der Waals surface area contributed by atoms with Crippen molar-refractivity contribution in [2.75, 3.05) is 6.54 Å². The highest BCUT2D eigenvalue weighted by Gasteiger charge is 2.09. The van der Waals surface area contributed by atoms with E-state index in [4.69, 9.17) is 10.8 Å². The smallest absolute Gasteiger partial charge is 0.316 e. The summed E-state index contributed by atoms with van der Waals surface area (Å²) in [4.78, 5) is 10.1. The summed E-state index contributed by atoms with van der Waals surface area (Å²) >= 11 is 3.80. The Morgan fingerprint density at radius 1 is 1.78 bits per heavy atom. The van der Waals surface area contributed by atoms with Crippen molar-refractivity contribution in [1.29, 1.82) is 0 Å². The molecule has 0 spiro atoms. The van der Waals surface area contributed by atoms with Crippen molar-refractivity contribution in [1.82, 2.24) is 0 Å². The fourth-order valence-electron chi connectivity index (χ4n) is 0.435. The lowest BCUT2D eigenvalue weighted by atomic mass is 10.2. The van der Waals surface area contributed by atoms with E-state index in [0.717, 1.165) is 6.42 Å². The Hall–Kier alpha value is -0.220. The van der Waals surface area contributed by atoms with Gasteiger partial charge in [0.15, 0.2) is 0 Å². The molecule has 0 radical (unpaired) electrons. The lowest BCUT2D eigenvalue weighted by Crippen LogP contribution is -2.14. The van der Waals surface area contributed by atoms with Crippen molar-refractivity contribution in [3.63, 3.8) is 0 Å². The van der Waals surface area contributed by atoms with E-state index in [0.29, 0.717) is 13.0 Å². The zero-order chi connectivity index (χ0) is 7.28. The average molecular weight is 149 g/mol. The number of aliphatic carboxylic acids is 1. The van der Waals surface area contributed by atoms with Crippen LogP contribution >= 0.6 is 12.6 Å². The molecule has 0 rings (SSSR count). The largest absolute Gasteiger partial charge is 0.480 e. The summed E-state index contributed by atoms with van der Waals surface area (Å²) in [6.07, 6.45) is 1.27. The summed E-state index contributed by atoms with van der Waals surface area (Å²) in [5, 5.41) is 7.74. The van der Waals surface area contributed by atoms with Gasteiger partial charge in [-0.25, -0.2) is 0 Å². The molecule has 0 bridgehead atoms. The van der Waals surface area contributed by atoms with E-state index in [-0.39, 0.29) is 0 Å². The molecule has 3 N–H and O–H groups in total. The minimum Gasteiger partial charge on any atom is -0.480 e. The van der Waals surface area contributed by atoms with E-state index >= 15 is 0 Å². The van der Waals surface area contributed by atoms with Crippen molar-refractivity contribution >= 4 is 18.6 Å². The second-order valence-electron chi connectivity index (χ2n) is 1.78. The minimum atomic E-state index is -0.869. The fourth-order valence-corrected chi connectivity index (χ4v) is 0.617. The quantitative estimate of drug-likeness (QED) is 0.497. The van der Waals surface area contributed by atoms with Gasteiger partial charge in [0.2, 0.25) is 0 Å². The van der Waals surface area contributed by atoms with Crippen LogP contribution in [0.3, 0.4) is 0 Å². The molecule has 54 valence electrons. The highest BCUT2D eigenvalue weighted by Crippen LogP contribution is 2.02. The first kappa shape index (κ1) is 8.78. The predicted octanol–water partition coefficient (Wildman–Crippen LogP) is 0.108. The highest BCUT2D eigenvalue weighted by molar-refractivity contribution is 7.81. The number of rotatable bonds is 4. The summed E-state index contributed by atoms with van der Waals surface area (Å²) in [5.74, 6) is -0.869. The molecular weight excluding hydrogens is 138 g/mol. The Labute approximate surface area is 59.6 Å². The first-order valence-electron chi connectivity index (χ1n) is 2.79. The zero-order valence-corrected chi connectivity index (χ0v) is 5.97. The Kier molecular flexibility index (Phi) is 4.53. The van der Waals surface area contributed by atoms with Gasteiger partial charge in [-0.2, -0.15) is 12.6 Å². The summed E-state index contributed by atoms with van der Waals surface area (Å²) < 4.78 is 0. The van der Waals surface area contributed by atoms with Gasteiger partial charge < -0.3 is 10.8 Å². The van der Waals surface area contributed by atoms with Crippen LogP contribution in [0.2, 0.25) is 0 Å². The SMILES string of the molecule is NCCCC(S)C(=O)O. The van der Waals surface area contributed by atoms with Crippen molar-refractivity contribution < 1.29 is 9.90 Å². The Bertz CT molecular complexity index is 97.0. The second kappa shape index (κ2) is 4.64. The van der Waals surface area contributed by atoms with Gasteiger partial charge in [-0.15, -0.1) is 0 Å². The average Bonchev–Trinajstić information content (AvgIpc) is 1.82. The van der Waals surface area contributed by atoms with E-state index in [1.165, 1.54) is 0 Å². The van der Waals surface area contributed by atoms with Gasteiger partial charge in [0.25, 0.3) is 0 Å². The number of hydrogen-bond acceptors (Lipinski definition) is 3. The van der Waals surface area contributed by atoms with E-state index in [2.05, 4.69) is 12.6 Å². The van der Waals surface area contributed by atoms with Gasteiger partial charge in [0.05, 0.1) is 5.25 Å². The molecule has 0 aromatic carbocycles. The molecule has 9 heavy (non-hydrogen) atoms. The van der Waals surface area contributed by atoms with E-state index in [1.807, 2.05) is 0 Å². The van der Waals surface area contributed by atoms with Crippen molar-refractivity contribution in [2.45, 2.75) is 18.1 Å². The van der Waals surface area contributed by atoms with Crippen molar-refractivity contribution in [3.8, 4) is 0 Å². The number of hydrogen-bond donors (Lipinski definition) is 3. The summed E-state index contributed by atoms with van der Waals surface area (Å²) in [6.45, 7) is 0.532. The lowest BCUT2D eigenvalue weighted by Gasteiger charge is -2.01. The third-order valence-corrected chi connectivity index (χ3v) is 1.45. The molecule has 1 atom stereocenters. The zero-order valence-electron chi connectivity index (χ0n) is 5.08. The van der Waals surface area contributed by atoms with Crippen LogP contribution in [0, 0.1) is 0 Å². The van der Waals surface area contributed by atoms with Gasteiger partial charge in [-0.05, 0) is 19.4 Å². The first-order valence-corrected chi connectivity index (χ1v) is 3.31. The number of carboxylic acid groups (broad SMARTS) is 1. The highest BCUT2D eigenvalue weighted by atomic mass is 32.1. The molecule has 0 aromatic rings. The van der Waals surface area contributed by atoms with Gasteiger partial charge in [0.1, 0.15) is 0 Å². The maximum Gasteiger partial charge on any atom is 0.316 e. The van der Waals surface area contributed by atoms with Crippen molar-refractivity contribution in [3.05, 3.63) is 0 Å². The lowest BCUT2D eigenvalue weighted by molar-refractivity contribution is -0.136. The number of carbonyl (C=O) groups is 1. The predicted molar refractivity (Wildman–Crippen MR) is 38.7 cm³/mol. The molecule has 0 aliphatic carbocycles. The molecule has 0 aliphatic heterocycles. The second-order valence-corrected chi connectivity index (χ2v) is 2.41. The number of thiol groups is 1. The molecule has 0 saturated heterocycles. The van der Waals surface area contributed by atoms with Crippen LogP contribution in [0.4, 0.5) is 0 Å². The van der Waals surface area contributed by atoms with Gasteiger partial charge in [0, 0.05) is 0 Å². The molecule has 0 saturated carbocycles. The van der Waals surface area contributed by atoms with Crippen LogP contribution in [-0.4, -0.2) is 22.9 Å². The van der Waals surface area contributed by atoms with E-state index in [9.17, 15) is 4.79 Å². The standard InChI is InChI=1S/C5H11NO2S/c6-3-1-2-4(9)5(7)8/h4,9H,1-3,6H2,(H,7,8). The fraction of sp³-hybridized carbons (Fsp3) is 0.800. The maximum absolute atomic E-state index is 10.1. The van der Waals surface area contributed by atoms with Crippen LogP contribution < -0.4 is 5.73 Å². The maximum atomic E-state index is 10.1. The molecule has 0 aliphatic rings. The summed E-state index contributed by atoms with van der Waals surface area (Å²) in [6, 6.07) is 0. The molecule has 0 fully saturated rings. The Balaban J connectivity index is 3.27. The van der Waals surface area contributed by atoms with Crippen LogP contribution in [0.15, 0.2) is 0 Å². The molecule has 0 aromatic heterocycles. The molecule has 4 heteroatoms. The van der Waals surface area contributed by atoms with Crippen LogP contribution in [0.25, 0.3) is 0 Å². The number of nitrogens with two attached hydrogens (primary N) is 1. The number of carboxylic acids is 1. The molecular formula is C5H11NO2S. The van der Waals surface area contributed by atoms with Crippen LogP contribution in [-0.2, 0) is 4.79 Å².